The van der Waals surface area contributed by atoms with E-state index >= 15 is 0 Å². The van der Waals surface area contributed by atoms with Crippen molar-refractivity contribution in [3.05, 3.63) is 52.1 Å². The average molecular weight is 412 g/mol. The Morgan fingerprint density at radius 2 is 2.03 bits per heavy atom. The number of hydrogen-bond donors (Lipinski definition) is 1. The van der Waals surface area contributed by atoms with Crippen molar-refractivity contribution in [3.8, 4) is 0 Å². The Kier molecular flexibility index (Phi) is 5.36. The van der Waals surface area contributed by atoms with E-state index in [-0.39, 0.29) is 23.4 Å². The molecule has 3 heterocycles. The summed E-state index contributed by atoms with van der Waals surface area (Å²) in [5.74, 6) is 0.886. The van der Waals surface area contributed by atoms with Gasteiger partial charge >= 0.3 is 0 Å². The summed E-state index contributed by atoms with van der Waals surface area (Å²) in [7, 11) is 1.73. The summed E-state index contributed by atoms with van der Waals surface area (Å²) in [5.41, 5.74) is 1.32. The van der Waals surface area contributed by atoms with E-state index in [4.69, 9.17) is 0 Å². The summed E-state index contributed by atoms with van der Waals surface area (Å²) in [6.07, 6.45) is 1.70. The van der Waals surface area contributed by atoms with Crippen molar-refractivity contribution in [1.82, 2.24) is 19.9 Å². The van der Waals surface area contributed by atoms with E-state index < -0.39 is 0 Å². The maximum absolute atomic E-state index is 12.8. The van der Waals surface area contributed by atoms with Gasteiger partial charge in [-0.05, 0) is 18.4 Å². The molecule has 1 saturated heterocycles. The van der Waals surface area contributed by atoms with Crippen molar-refractivity contribution < 1.29 is 4.79 Å². The summed E-state index contributed by atoms with van der Waals surface area (Å²) in [5, 5.41) is 3.73. The van der Waals surface area contributed by atoms with Crippen LogP contribution in [0.25, 0.3) is 10.3 Å². The van der Waals surface area contributed by atoms with Crippen molar-refractivity contribution in [3.63, 3.8) is 0 Å². The van der Waals surface area contributed by atoms with Crippen LogP contribution in [-0.2, 0) is 18.4 Å². The molecule has 7 nitrogen and oxygen atoms in total. The number of carbonyl (C=O) groups excluding carboxylic acids is 1. The van der Waals surface area contributed by atoms with E-state index in [2.05, 4.69) is 15.3 Å². The van der Waals surface area contributed by atoms with Crippen LogP contribution in [0.1, 0.15) is 44.0 Å². The maximum atomic E-state index is 12.8. The number of nitrogens with one attached hydrogen (secondary N) is 1. The van der Waals surface area contributed by atoms with Crippen LogP contribution < -0.4 is 15.8 Å². The van der Waals surface area contributed by atoms with Crippen LogP contribution in [0.4, 0.5) is 5.13 Å². The van der Waals surface area contributed by atoms with Gasteiger partial charge in [0.1, 0.15) is 11.9 Å². The molecule has 0 unspecified atom stereocenters. The lowest BCUT2D eigenvalue weighted by atomic mass is 10.2. The number of benzene rings is 1. The molecule has 29 heavy (non-hydrogen) atoms. The van der Waals surface area contributed by atoms with E-state index in [1.165, 1.54) is 11.3 Å². The Morgan fingerprint density at radius 1 is 1.28 bits per heavy atom. The SMILES string of the molecule is CC(C)c1nc2sc(N3CCC[C@@H]3C(=O)NCc3ccccc3)nc2c(=O)n1C. The van der Waals surface area contributed by atoms with Gasteiger partial charge in [-0.15, -0.1) is 0 Å². The van der Waals surface area contributed by atoms with Crippen molar-refractivity contribution in [1.29, 1.82) is 0 Å². The van der Waals surface area contributed by atoms with E-state index in [0.29, 0.717) is 22.0 Å². The van der Waals surface area contributed by atoms with Crippen LogP contribution >= 0.6 is 11.3 Å². The van der Waals surface area contributed by atoms with Crippen molar-refractivity contribution in [2.24, 2.45) is 7.05 Å². The molecule has 1 N–H and O–H groups in total. The number of anilines is 1. The largest absolute Gasteiger partial charge is 0.350 e. The first-order valence-electron chi connectivity index (χ1n) is 9.91. The third-order valence-corrected chi connectivity index (χ3v) is 6.28. The lowest BCUT2D eigenvalue weighted by Crippen LogP contribution is -2.43. The molecule has 1 fully saturated rings. The van der Waals surface area contributed by atoms with Gasteiger partial charge < -0.3 is 10.2 Å². The average Bonchev–Trinajstić information content (AvgIpc) is 3.36. The molecular formula is C21H25N5O2S. The van der Waals surface area contributed by atoms with Crippen LogP contribution in [-0.4, -0.2) is 33.0 Å². The molecule has 0 bridgehead atoms. The monoisotopic (exact) mass is 411 g/mol. The molecule has 8 heteroatoms. The highest BCUT2D eigenvalue weighted by atomic mass is 32.1. The molecule has 1 aliphatic rings. The molecule has 0 saturated carbocycles. The fourth-order valence-electron chi connectivity index (χ4n) is 3.77. The highest BCUT2D eigenvalue weighted by Gasteiger charge is 2.33. The predicted octanol–water partition coefficient (Wildman–Crippen LogP) is 2.80. The molecule has 1 amide bonds. The third kappa shape index (κ3) is 3.76. The molecule has 3 aromatic rings. The first kappa shape index (κ1) is 19.6. The first-order chi connectivity index (χ1) is 14.0. The summed E-state index contributed by atoms with van der Waals surface area (Å²) >= 11 is 1.39. The van der Waals surface area contributed by atoms with Crippen molar-refractivity contribution in [2.75, 3.05) is 11.4 Å². The summed E-state index contributed by atoms with van der Waals surface area (Å²) < 4.78 is 1.57. The van der Waals surface area contributed by atoms with Crippen molar-refractivity contribution >= 4 is 32.7 Å². The summed E-state index contributed by atoms with van der Waals surface area (Å²) in [6, 6.07) is 9.60. The Morgan fingerprint density at radius 3 is 2.76 bits per heavy atom. The van der Waals surface area contributed by atoms with Gasteiger partial charge in [0, 0.05) is 26.1 Å². The Labute approximate surface area is 173 Å². The van der Waals surface area contributed by atoms with Crippen LogP contribution in [0.2, 0.25) is 0 Å². The maximum Gasteiger partial charge on any atom is 0.280 e. The fraction of sp³-hybridized carbons (Fsp3) is 0.429. The van der Waals surface area contributed by atoms with Gasteiger partial charge in [0.15, 0.2) is 15.5 Å². The highest BCUT2D eigenvalue weighted by molar-refractivity contribution is 7.21. The Bertz CT molecular complexity index is 1090. The lowest BCUT2D eigenvalue weighted by molar-refractivity contribution is -0.122. The van der Waals surface area contributed by atoms with Gasteiger partial charge in [-0.25, -0.2) is 9.97 Å². The minimum absolute atomic E-state index is 0.00524. The number of fused-ring (bicyclic) bond motifs is 1. The van der Waals surface area contributed by atoms with Gasteiger partial charge in [0.05, 0.1) is 0 Å². The first-order valence-corrected chi connectivity index (χ1v) is 10.7. The number of thiazole rings is 1. The normalized spacial score (nSPS) is 16.7. The molecule has 1 aliphatic heterocycles. The second-order valence-electron chi connectivity index (χ2n) is 7.69. The number of amides is 1. The molecule has 0 spiro atoms. The van der Waals surface area contributed by atoms with E-state index in [0.717, 1.165) is 30.8 Å². The van der Waals surface area contributed by atoms with Crippen LogP contribution in [0.15, 0.2) is 35.1 Å². The van der Waals surface area contributed by atoms with Crippen LogP contribution in [0.5, 0.6) is 0 Å². The molecule has 4 rings (SSSR count). The topological polar surface area (TPSA) is 80.1 Å². The van der Waals surface area contributed by atoms with Gasteiger partial charge in [0.2, 0.25) is 5.91 Å². The third-order valence-electron chi connectivity index (χ3n) is 5.29. The smallest absolute Gasteiger partial charge is 0.280 e. The fourth-order valence-corrected chi connectivity index (χ4v) is 4.78. The zero-order valence-electron chi connectivity index (χ0n) is 16.9. The molecule has 1 aromatic carbocycles. The zero-order valence-corrected chi connectivity index (χ0v) is 17.7. The van der Waals surface area contributed by atoms with Crippen LogP contribution in [0, 0.1) is 0 Å². The number of aromatic nitrogens is 3. The number of rotatable bonds is 5. The molecular weight excluding hydrogens is 386 g/mol. The Balaban J connectivity index is 1.58. The molecule has 2 aromatic heterocycles. The van der Waals surface area contributed by atoms with E-state index in [1.54, 1.807) is 11.6 Å². The van der Waals surface area contributed by atoms with E-state index in [1.807, 2.05) is 49.1 Å². The molecule has 1 atom stereocenters. The van der Waals surface area contributed by atoms with Crippen molar-refractivity contribution in [2.45, 2.75) is 45.2 Å². The highest BCUT2D eigenvalue weighted by Crippen LogP contribution is 2.32. The predicted molar refractivity (Wildman–Crippen MR) is 115 cm³/mol. The minimum atomic E-state index is -0.271. The number of nitrogens with zero attached hydrogens (tertiary/aromatic N) is 4. The summed E-state index contributed by atoms with van der Waals surface area (Å²) in [6.45, 7) is 5.29. The van der Waals surface area contributed by atoms with Crippen LogP contribution in [0.3, 0.4) is 0 Å². The second kappa shape index (κ2) is 7.94. The molecule has 0 radical (unpaired) electrons. The Hall–Kier alpha value is -2.74. The second-order valence-corrected chi connectivity index (χ2v) is 8.65. The van der Waals surface area contributed by atoms with Gasteiger partial charge in [-0.3, -0.25) is 14.2 Å². The number of hydrogen-bond acceptors (Lipinski definition) is 6. The van der Waals surface area contributed by atoms with Gasteiger partial charge in [-0.2, -0.15) is 0 Å². The van der Waals surface area contributed by atoms with Gasteiger partial charge in [-0.1, -0.05) is 55.5 Å². The molecule has 0 aliphatic carbocycles. The quantitative estimate of drug-likeness (QED) is 0.698. The zero-order chi connectivity index (χ0) is 20.5. The number of carbonyl (C=O) groups is 1. The van der Waals surface area contributed by atoms with Gasteiger partial charge in [0.25, 0.3) is 5.56 Å². The lowest BCUT2D eigenvalue weighted by Gasteiger charge is -2.23. The molecule has 152 valence electrons. The standard InChI is InChI=1S/C21H25N5O2S/c1-13(2)17-24-19-16(20(28)25(17)3)23-21(29-19)26-11-7-10-15(26)18(27)22-12-14-8-5-4-6-9-14/h4-6,8-9,13,15H,7,10-12H2,1-3H3,(H,22,27)/t15-/m1/s1. The summed E-state index contributed by atoms with van der Waals surface area (Å²) in [4.78, 5) is 37.4. The van der Waals surface area contributed by atoms with E-state index in [9.17, 15) is 9.59 Å². The minimum Gasteiger partial charge on any atom is -0.350 e.